The molecule has 1 aromatic heterocycles. The van der Waals surface area contributed by atoms with Gasteiger partial charge >= 0.3 is 0 Å². The van der Waals surface area contributed by atoms with Gasteiger partial charge in [-0.1, -0.05) is 30.3 Å². The maximum atomic E-state index is 12.8. The fraction of sp³-hybridized carbons (Fsp3) is 0.263. The summed E-state index contributed by atoms with van der Waals surface area (Å²) in [5.74, 6) is -0.112. The van der Waals surface area contributed by atoms with E-state index in [9.17, 15) is 4.79 Å². The number of nitrogens with two attached hydrogens (primary N) is 1. The van der Waals surface area contributed by atoms with E-state index in [0.717, 1.165) is 41.5 Å². The smallest absolute Gasteiger partial charge is 0.278 e. The second kappa shape index (κ2) is 5.76. The molecule has 5 heteroatoms. The summed E-state index contributed by atoms with van der Waals surface area (Å²) in [7, 11) is 1.78. The first kappa shape index (κ1) is 14.9. The van der Waals surface area contributed by atoms with Crippen molar-refractivity contribution in [3.8, 4) is 0 Å². The van der Waals surface area contributed by atoms with Crippen LogP contribution >= 0.6 is 0 Å². The summed E-state index contributed by atoms with van der Waals surface area (Å²) < 4.78 is 1.87. The normalized spacial score (nSPS) is 16.8. The summed E-state index contributed by atoms with van der Waals surface area (Å²) in [5.41, 5.74) is 8.39. The Bertz CT molecular complexity index is 915. The summed E-state index contributed by atoms with van der Waals surface area (Å²) in [6.07, 6.45) is 1.95. The molecule has 0 saturated heterocycles. The number of aryl methyl sites for hydroxylation is 1. The molecular weight excluding hydrogens is 300 g/mol. The summed E-state index contributed by atoms with van der Waals surface area (Å²) in [6.45, 7) is 0.829. The van der Waals surface area contributed by atoms with Gasteiger partial charge in [0.05, 0.1) is 5.69 Å². The number of hydrogen-bond donors (Lipinski definition) is 1. The minimum Gasteiger partial charge on any atom is -0.323 e. The van der Waals surface area contributed by atoms with Crippen LogP contribution in [0.3, 0.4) is 0 Å². The van der Waals surface area contributed by atoms with Crippen molar-refractivity contribution in [1.82, 2.24) is 9.78 Å². The van der Waals surface area contributed by atoms with Crippen LogP contribution in [0.1, 0.15) is 35.1 Å². The zero-order valence-electron chi connectivity index (χ0n) is 13.6. The quantitative estimate of drug-likeness (QED) is 0.789. The van der Waals surface area contributed by atoms with Crippen LogP contribution in [0.5, 0.6) is 0 Å². The highest BCUT2D eigenvalue weighted by atomic mass is 16.2. The van der Waals surface area contributed by atoms with Gasteiger partial charge in [0.2, 0.25) is 0 Å². The van der Waals surface area contributed by atoms with Gasteiger partial charge < -0.3 is 10.6 Å². The molecule has 4 rings (SSSR count). The highest BCUT2D eigenvalue weighted by Crippen LogP contribution is 2.25. The Hall–Kier alpha value is -2.66. The molecule has 0 saturated carbocycles. The Morgan fingerprint density at radius 1 is 1.21 bits per heavy atom. The van der Waals surface area contributed by atoms with E-state index in [1.807, 2.05) is 47.1 Å². The first-order valence-electron chi connectivity index (χ1n) is 8.23. The standard InChI is InChI=1S/C19H20N4O/c1-22(15-9-8-13-5-2-3-6-14(13)11-15)19(24)17-12-18-16(20)7-4-10-23(18)21-17/h2-3,5-6,8-9,11-12,16H,4,7,10,20H2,1H3. The Kier molecular flexibility index (Phi) is 3.58. The SMILES string of the molecule is CN(C(=O)c1cc2n(n1)CCCC2N)c1ccc2ccccc2c1. The van der Waals surface area contributed by atoms with Crippen molar-refractivity contribution in [2.75, 3.05) is 11.9 Å². The number of fused-ring (bicyclic) bond motifs is 2. The zero-order valence-corrected chi connectivity index (χ0v) is 13.6. The van der Waals surface area contributed by atoms with E-state index in [4.69, 9.17) is 5.73 Å². The lowest BCUT2D eigenvalue weighted by Crippen LogP contribution is -2.26. The van der Waals surface area contributed by atoms with Crippen LogP contribution in [0.4, 0.5) is 5.69 Å². The Morgan fingerprint density at radius 2 is 2.00 bits per heavy atom. The Labute approximate surface area is 140 Å². The molecule has 2 heterocycles. The molecule has 0 fully saturated rings. The molecule has 0 aliphatic carbocycles. The van der Waals surface area contributed by atoms with Gasteiger partial charge in [0.15, 0.2) is 5.69 Å². The third-order valence-electron chi connectivity index (χ3n) is 4.72. The van der Waals surface area contributed by atoms with E-state index >= 15 is 0 Å². The number of benzene rings is 2. The molecule has 24 heavy (non-hydrogen) atoms. The number of anilines is 1. The molecule has 1 aliphatic rings. The molecule has 5 nitrogen and oxygen atoms in total. The van der Waals surface area contributed by atoms with E-state index < -0.39 is 0 Å². The first-order valence-corrected chi connectivity index (χ1v) is 8.23. The number of aromatic nitrogens is 2. The lowest BCUT2D eigenvalue weighted by atomic mass is 10.1. The molecule has 2 aromatic carbocycles. The van der Waals surface area contributed by atoms with Crippen LogP contribution in [0.15, 0.2) is 48.5 Å². The van der Waals surface area contributed by atoms with Gasteiger partial charge in [0, 0.05) is 25.3 Å². The van der Waals surface area contributed by atoms with Gasteiger partial charge in [-0.3, -0.25) is 9.48 Å². The topological polar surface area (TPSA) is 64.2 Å². The minimum atomic E-state index is -0.112. The first-order chi connectivity index (χ1) is 11.6. The largest absolute Gasteiger partial charge is 0.323 e. The van der Waals surface area contributed by atoms with Gasteiger partial charge in [0.25, 0.3) is 5.91 Å². The predicted octanol–water partition coefficient (Wildman–Crippen LogP) is 3.11. The molecule has 1 aliphatic heterocycles. The molecule has 122 valence electrons. The third kappa shape index (κ3) is 2.47. The molecule has 0 bridgehead atoms. The number of rotatable bonds is 2. The van der Waals surface area contributed by atoms with Gasteiger partial charge in [-0.05, 0) is 41.8 Å². The Balaban J connectivity index is 1.65. The lowest BCUT2D eigenvalue weighted by Gasteiger charge is -2.19. The van der Waals surface area contributed by atoms with Gasteiger partial charge in [0.1, 0.15) is 0 Å². The molecule has 0 spiro atoms. The van der Waals surface area contributed by atoms with E-state index in [0.29, 0.717) is 5.69 Å². The summed E-state index contributed by atoms with van der Waals surface area (Å²) in [4.78, 5) is 14.5. The van der Waals surface area contributed by atoms with Crippen molar-refractivity contribution >= 4 is 22.4 Å². The van der Waals surface area contributed by atoms with E-state index in [-0.39, 0.29) is 11.9 Å². The van der Waals surface area contributed by atoms with Crippen LogP contribution < -0.4 is 10.6 Å². The van der Waals surface area contributed by atoms with Crippen LogP contribution in [-0.4, -0.2) is 22.7 Å². The summed E-state index contributed by atoms with van der Waals surface area (Å²) in [6, 6.07) is 15.9. The minimum absolute atomic E-state index is 0.0289. The van der Waals surface area contributed by atoms with Gasteiger partial charge in [-0.25, -0.2) is 0 Å². The summed E-state index contributed by atoms with van der Waals surface area (Å²) >= 11 is 0. The molecule has 2 N–H and O–H groups in total. The van der Waals surface area contributed by atoms with Crippen molar-refractivity contribution in [2.45, 2.75) is 25.4 Å². The molecular formula is C19H20N4O. The third-order valence-corrected chi connectivity index (χ3v) is 4.72. The van der Waals surface area contributed by atoms with Gasteiger partial charge in [-0.2, -0.15) is 5.10 Å². The van der Waals surface area contributed by atoms with E-state index in [2.05, 4.69) is 11.2 Å². The second-order valence-electron chi connectivity index (χ2n) is 6.32. The number of carbonyl (C=O) groups is 1. The molecule has 3 aromatic rings. The van der Waals surface area contributed by atoms with Crippen LogP contribution in [0, 0.1) is 0 Å². The number of hydrogen-bond acceptors (Lipinski definition) is 3. The second-order valence-corrected chi connectivity index (χ2v) is 6.32. The highest BCUT2D eigenvalue weighted by molar-refractivity contribution is 6.05. The van der Waals surface area contributed by atoms with Crippen molar-refractivity contribution in [3.05, 3.63) is 59.9 Å². The maximum absolute atomic E-state index is 12.8. The lowest BCUT2D eigenvalue weighted by molar-refractivity contribution is 0.0987. The monoisotopic (exact) mass is 320 g/mol. The van der Waals surface area contributed by atoms with Crippen molar-refractivity contribution < 1.29 is 4.79 Å². The van der Waals surface area contributed by atoms with Crippen molar-refractivity contribution in [1.29, 1.82) is 0 Å². The average molecular weight is 320 g/mol. The highest BCUT2D eigenvalue weighted by Gasteiger charge is 2.24. The molecule has 1 unspecified atom stereocenters. The fourth-order valence-corrected chi connectivity index (χ4v) is 3.30. The van der Waals surface area contributed by atoms with Crippen LogP contribution in [0.25, 0.3) is 10.8 Å². The van der Waals surface area contributed by atoms with Crippen LogP contribution in [-0.2, 0) is 6.54 Å². The van der Waals surface area contributed by atoms with E-state index in [1.54, 1.807) is 11.9 Å². The van der Waals surface area contributed by atoms with Gasteiger partial charge in [-0.15, -0.1) is 0 Å². The van der Waals surface area contributed by atoms with E-state index in [1.165, 1.54) is 0 Å². The number of amides is 1. The van der Waals surface area contributed by atoms with Crippen molar-refractivity contribution in [3.63, 3.8) is 0 Å². The van der Waals surface area contributed by atoms with Crippen molar-refractivity contribution in [2.24, 2.45) is 5.73 Å². The molecule has 0 radical (unpaired) electrons. The zero-order chi connectivity index (χ0) is 16.7. The average Bonchev–Trinajstić information content (AvgIpc) is 3.06. The number of carbonyl (C=O) groups excluding carboxylic acids is 1. The Morgan fingerprint density at radius 3 is 2.79 bits per heavy atom. The summed E-state index contributed by atoms with van der Waals surface area (Å²) in [5, 5.41) is 6.73. The maximum Gasteiger partial charge on any atom is 0.278 e. The molecule has 1 amide bonds. The van der Waals surface area contributed by atoms with Crippen LogP contribution in [0.2, 0.25) is 0 Å². The predicted molar refractivity (Wildman–Crippen MR) is 95.1 cm³/mol. The number of nitrogens with zero attached hydrogens (tertiary/aromatic N) is 3. The fourth-order valence-electron chi connectivity index (χ4n) is 3.30. The molecule has 1 atom stereocenters.